The number of carbonyl (C=O) groups excluding carboxylic acids is 1. The van der Waals surface area contributed by atoms with E-state index in [0.717, 1.165) is 0 Å². The molecule has 1 heterocycles. The van der Waals surface area contributed by atoms with Gasteiger partial charge in [0.15, 0.2) is 5.78 Å². The SMILES string of the molecule is [B]c1c(NC)c([B])c2oc(CC)c(C(=O)c3cc(Br)c(O)c(Br)c3)c2c1O. The molecule has 0 amide bonds. The first-order chi connectivity index (χ1) is 12.7. The smallest absolute Gasteiger partial charge is 0.197 e. The minimum Gasteiger partial charge on any atom is -0.508 e. The van der Waals surface area contributed by atoms with Crippen LogP contribution < -0.4 is 16.2 Å². The van der Waals surface area contributed by atoms with Crippen LogP contribution in [-0.2, 0) is 6.42 Å². The Morgan fingerprint density at radius 3 is 2.26 bits per heavy atom. The molecule has 0 saturated heterocycles. The molecule has 0 fully saturated rings. The average Bonchev–Trinajstić information content (AvgIpc) is 3.03. The van der Waals surface area contributed by atoms with Gasteiger partial charge >= 0.3 is 0 Å². The molecule has 0 aliphatic carbocycles. The van der Waals surface area contributed by atoms with E-state index in [0.29, 0.717) is 26.8 Å². The van der Waals surface area contributed by atoms with Crippen LogP contribution in [-0.4, -0.2) is 38.7 Å². The number of anilines is 1. The second kappa shape index (κ2) is 7.28. The zero-order chi connectivity index (χ0) is 20.0. The van der Waals surface area contributed by atoms with Gasteiger partial charge in [-0.15, -0.1) is 0 Å². The van der Waals surface area contributed by atoms with Crippen LogP contribution in [0.15, 0.2) is 25.5 Å². The van der Waals surface area contributed by atoms with Gasteiger partial charge in [0.2, 0.25) is 0 Å². The Hall–Kier alpha value is -1.86. The molecular formula is C18H13B2Br2NO4. The highest BCUT2D eigenvalue weighted by Gasteiger charge is 2.27. The van der Waals surface area contributed by atoms with E-state index in [2.05, 4.69) is 37.2 Å². The van der Waals surface area contributed by atoms with Crippen LogP contribution in [0.3, 0.4) is 0 Å². The number of phenols is 2. The van der Waals surface area contributed by atoms with Crippen LogP contribution >= 0.6 is 31.9 Å². The molecule has 0 bridgehead atoms. The van der Waals surface area contributed by atoms with E-state index in [4.69, 9.17) is 20.1 Å². The summed E-state index contributed by atoms with van der Waals surface area (Å²) in [6, 6.07) is 2.98. The monoisotopic (exact) mass is 487 g/mol. The van der Waals surface area contributed by atoms with Crippen molar-refractivity contribution in [1.29, 1.82) is 0 Å². The number of benzene rings is 2. The molecule has 4 radical (unpaired) electrons. The molecule has 3 N–H and O–H groups in total. The van der Waals surface area contributed by atoms with Gasteiger partial charge in [0.05, 0.1) is 19.9 Å². The van der Waals surface area contributed by atoms with E-state index in [1.54, 1.807) is 7.05 Å². The fourth-order valence-corrected chi connectivity index (χ4v) is 4.19. The van der Waals surface area contributed by atoms with Gasteiger partial charge in [0.1, 0.15) is 38.5 Å². The molecule has 0 atom stereocenters. The number of fused-ring (bicyclic) bond motifs is 1. The summed E-state index contributed by atoms with van der Waals surface area (Å²) in [5, 5.41) is 23.5. The predicted octanol–water partition coefficient (Wildman–Crippen LogP) is 2.79. The number of furan rings is 1. The van der Waals surface area contributed by atoms with Crippen molar-refractivity contribution in [1.82, 2.24) is 0 Å². The minimum atomic E-state index is -0.390. The maximum atomic E-state index is 13.3. The Kier molecular flexibility index (Phi) is 5.36. The van der Waals surface area contributed by atoms with Crippen molar-refractivity contribution >= 4 is 80.9 Å². The number of phenolic OH excluding ortho intramolecular Hbond substituents is 2. The van der Waals surface area contributed by atoms with Crippen LogP contribution in [0.2, 0.25) is 0 Å². The Morgan fingerprint density at radius 1 is 1.15 bits per heavy atom. The molecule has 9 heteroatoms. The van der Waals surface area contributed by atoms with Crippen molar-refractivity contribution in [3.05, 3.63) is 38.0 Å². The number of aromatic hydroxyl groups is 2. The third-order valence-corrected chi connectivity index (χ3v) is 5.54. The van der Waals surface area contributed by atoms with Gasteiger partial charge in [-0.2, -0.15) is 0 Å². The zero-order valence-electron chi connectivity index (χ0n) is 14.5. The lowest BCUT2D eigenvalue weighted by atomic mass is 9.81. The Bertz CT molecular complexity index is 1070. The van der Waals surface area contributed by atoms with Crippen LogP contribution in [0.4, 0.5) is 5.69 Å². The number of nitrogens with one attached hydrogen (secondary N) is 1. The summed E-state index contributed by atoms with van der Waals surface area (Å²) in [6.07, 6.45) is 0.407. The van der Waals surface area contributed by atoms with Crippen molar-refractivity contribution < 1.29 is 19.4 Å². The Labute approximate surface area is 175 Å². The molecule has 3 aromatic rings. The first-order valence-electron chi connectivity index (χ1n) is 7.98. The fraction of sp³-hybridized carbons (Fsp3) is 0.167. The van der Waals surface area contributed by atoms with E-state index in [-0.39, 0.29) is 44.5 Å². The number of hydrogen-bond acceptors (Lipinski definition) is 5. The lowest BCUT2D eigenvalue weighted by Crippen LogP contribution is -2.22. The molecule has 0 saturated carbocycles. The molecule has 27 heavy (non-hydrogen) atoms. The molecule has 134 valence electrons. The summed E-state index contributed by atoms with van der Waals surface area (Å²) in [5.74, 6) is -0.301. The molecule has 0 unspecified atom stereocenters. The number of rotatable bonds is 4. The largest absolute Gasteiger partial charge is 0.508 e. The van der Waals surface area contributed by atoms with Crippen molar-refractivity contribution in [2.75, 3.05) is 12.4 Å². The van der Waals surface area contributed by atoms with E-state index in [9.17, 15) is 15.0 Å². The fourth-order valence-electron chi connectivity index (χ4n) is 3.00. The highest BCUT2D eigenvalue weighted by Crippen LogP contribution is 2.37. The summed E-state index contributed by atoms with van der Waals surface area (Å²) in [5.41, 5.74) is 1.26. The summed E-state index contributed by atoms with van der Waals surface area (Å²) in [6.45, 7) is 1.83. The van der Waals surface area contributed by atoms with Crippen molar-refractivity contribution in [3.63, 3.8) is 0 Å². The quantitative estimate of drug-likeness (QED) is 0.389. The van der Waals surface area contributed by atoms with Gasteiger partial charge in [-0.05, 0) is 54.9 Å². The van der Waals surface area contributed by atoms with Crippen molar-refractivity contribution in [2.45, 2.75) is 13.3 Å². The zero-order valence-corrected chi connectivity index (χ0v) is 17.7. The van der Waals surface area contributed by atoms with Gasteiger partial charge in [-0.1, -0.05) is 6.92 Å². The van der Waals surface area contributed by atoms with Gasteiger partial charge in [-0.25, -0.2) is 0 Å². The average molecular weight is 489 g/mol. The number of carbonyl (C=O) groups is 1. The highest BCUT2D eigenvalue weighted by molar-refractivity contribution is 9.11. The normalized spacial score (nSPS) is 11.1. The molecule has 0 spiro atoms. The third kappa shape index (κ3) is 3.06. The van der Waals surface area contributed by atoms with E-state index >= 15 is 0 Å². The standard InChI is InChI=1S/C18H13B2Br2NO4/c1-3-9-10(15(24)6-4-7(21)16(25)8(22)5-6)11-17(26)12(19)14(23-2)13(20)18(11)27-9/h4-5,23,25-26H,3H2,1-2H3. The minimum absolute atomic E-state index is 0.0192. The molecule has 5 nitrogen and oxygen atoms in total. The van der Waals surface area contributed by atoms with E-state index in [1.807, 2.05) is 6.92 Å². The van der Waals surface area contributed by atoms with Gasteiger partial charge < -0.3 is 19.9 Å². The molecule has 0 aliphatic heterocycles. The van der Waals surface area contributed by atoms with Gasteiger partial charge in [-0.3, -0.25) is 4.79 Å². The van der Waals surface area contributed by atoms with Gasteiger partial charge in [0, 0.05) is 24.7 Å². The first-order valence-corrected chi connectivity index (χ1v) is 9.57. The van der Waals surface area contributed by atoms with Gasteiger partial charge in [0.25, 0.3) is 0 Å². The second-order valence-corrected chi connectivity index (χ2v) is 7.59. The molecule has 1 aromatic heterocycles. The van der Waals surface area contributed by atoms with E-state index in [1.165, 1.54) is 12.1 Å². The van der Waals surface area contributed by atoms with Crippen molar-refractivity contribution in [2.24, 2.45) is 0 Å². The molecule has 0 aliphatic rings. The molecule has 3 rings (SSSR count). The molecule has 2 aromatic carbocycles. The second-order valence-electron chi connectivity index (χ2n) is 5.88. The lowest BCUT2D eigenvalue weighted by molar-refractivity contribution is 0.103. The predicted molar refractivity (Wildman–Crippen MR) is 115 cm³/mol. The molecular weight excluding hydrogens is 476 g/mol. The number of ketones is 1. The van der Waals surface area contributed by atoms with Crippen LogP contribution in [0.1, 0.15) is 28.6 Å². The number of halogens is 2. The summed E-state index contributed by atoms with van der Waals surface area (Å²) in [7, 11) is 13.7. The first kappa shape index (κ1) is 19.9. The van der Waals surface area contributed by atoms with Crippen LogP contribution in [0, 0.1) is 0 Å². The maximum absolute atomic E-state index is 13.3. The highest BCUT2D eigenvalue weighted by atomic mass is 79.9. The topological polar surface area (TPSA) is 82.7 Å². The Morgan fingerprint density at radius 2 is 1.74 bits per heavy atom. The maximum Gasteiger partial charge on any atom is 0.197 e. The Balaban J connectivity index is 2.36. The number of hydrogen-bond donors (Lipinski definition) is 3. The third-order valence-electron chi connectivity index (χ3n) is 4.33. The van der Waals surface area contributed by atoms with Crippen molar-refractivity contribution in [3.8, 4) is 11.5 Å². The lowest BCUT2D eigenvalue weighted by Gasteiger charge is -2.13. The van der Waals surface area contributed by atoms with Crippen LogP contribution in [0.5, 0.6) is 11.5 Å². The summed E-state index contributed by atoms with van der Waals surface area (Å²) in [4.78, 5) is 13.3. The van der Waals surface area contributed by atoms with E-state index < -0.39 is 5.78 Å². The van der Waals surface area contributed by atoms with Crippen LogP contribution in [0.25, 0.3) is 11.0 Å². The summed E-state index contributed by atoms with van der Waals surface area (Å²) >= 11 is 6.43. The summed E-state index contributed by atoms with van der Waals surface area (Å²) < 4.78 is 6.52. The number of aryl methyl sites for hydroxylation is 1.